The largest absolute Gasteiger partial charge is 0.325 e. The van der Waals surface area contributed by atoms with Crippen LogP contribution in [-0.4, -0.2) is 32.7 Å². The maximum absolute atomic E-state index is 12.8. The summed E-state index contributed by atoms with van der Waals surface area (Å²) in [6.07, 6.45) is 0. The Hall–Kier alpha value is -3.26. The molecule has 0 fully saturated rings. The van der Waals surface area contributed by atoms with Crippen LogP contribution in [0.15, 0.2) is 53.3 Å². The molecule has 2 N–H and O–H groups in total. The van der Waals surface area contributed by atoms with Gasteiger partial charge in [0.25, 0.3) is 5.56 Å². The van der Waals surface area contributed by atoms with Crippen molar-refractivity contribution < 1.29 is 9.59 Å². The Bertz CT molecular complexity index is 1170. The van der Waals surface area contributed by atoms with E-state index in [2.05, 4.69) is 10.6 Å². The second kappa shape index (κ2) is 9.70. The number of carbonyl (C=O) groups is 2. The van der Waals surface area contributed by atoms with Gasteiger partial charge in [0.05, 0.1) is 22.9 Å². The number of benzene rings is 2. The molecule has 7 nitrogen and oxygen atoms in total. The molecule has 3 rings (SSSR count). The average molecular weight is 439 g/mol. The number of hydrogen-bond donors (Lipinski definition) is 2. The zero-order chi connectivity index (χ0) is 22.5. The minimum Gasteiger partial charge on any atom is -0.325 e. The summed E-state index contributed by atoms with van der Waals surface area (Å²) in [5.74, 6) is -0.285. The molecule has 0 unspecified atom stereocenters. The van der Waals surface area contributed by atoms with Crippen LogP contribution < -0.4 is 16.2 Å². The molecule has 1 heterocycles. The van der Waals surface area contributed by atoms with Gasteiger partial charge in [-0.05, 0) is 50.1 Å². The first kappa shape index (κ1) is 22.4. The second-order valence-corrected chi connectivity index (χ2v) is 8.33. The number of nitrogens with one attached hydrogen (secondary N) is 2. The molecular formula is C23H26N4O3S. The van der Waals surface area contributed by atoms with Crippen LogP contribution in [0, 0.1) is 20.8 Å². The lowest BCUT2D eigenvalue weighted by atomic mass is 10.1. The summed E-state index contributed by atoms with van der Waals surface area (Å²) in [6.45, 7) is 5.67. The zero-order valence-electron chi connectivity index (χ0n) is 18.1. The van der Waals surface area contributed by atoms with E-state index in [1.54, 1.807) is 18.7 Å². The molecule has 8 heteroatoms. The molecule has 1 aromatic heterocycles. The summed E-state index contributed by atoms with van der Waals surface area (Å²) in [7, 11) is 1.77. The topological polar surface area (TPSA) is 85.1 Å². The van der Waals surface area contributed by atoms with Gasteiger partial charge in [-0.25, -0.2) is 4.68 Å². The van der Waals surface area contributed by atoms with Crippen molar-refractivity contribution in [2.45, 2.75) is 20.8 Å². The maximum atomic E-state index is 12.8. The summed E-state index contributed by atoms with van der Waals surface area (Å²) < 4.78 is 3.22. The molecule has 0 saturated carbocycles. The number of aromatic nitrogens is 2. The standard InChI is InChI=1S/C23H26N4O3S/c1-15-10-11-16(2)19(12-15)24-20(28)13-31-14-21(29)25-22-17(3)26(4)27(23(22)30)18-8-6-5-7-9-18/h5-12H,13-14H2,1-4H3,(H,24,28)(H,25,29). The van der Waals surface area contributed by atoms with E-state index in [0.29, 0.717) is 5.69 Å². The SMILES string of the molecule is Cc1ccc(C)c(NC(=O)CSCC(=O)Nc2c(C)n(C)n(-c3ccccc3)c2=O)c1. The van der Waals surface area contributed by atoms with Crippen LogP contribution in [0.5, 0.6) is 0 Å². The van der Waals surface area contributed by atoms with Gasteiger partial charge in [-0.15, -0.1) is 11.8 Å². The predicted octanol–water partition coefficient (Wildman–Crippen LogP) is 3.41. The molecule has 0 saturated heterocycles. The maximum Gasteiger partial charge on any atom is 0.295 e. The Morgan fingerprint density at radius 1 is 0.935 bits per heavy atom. The van der Waals surface area contributed by atoms with Gasteiger partial charge in [0.1, 0.15) is 5.69 Å². The summed E-state index contributed by atoms with van der Waals surface area (Å²) in [4.78, 5) is 37.4. The van der Waals surface area contributed by atoms with Gasteiger partial charge >= 0.3 is 0 Å². The molecule has 0 aliphatic rings. The van der Waals surface area contributed by atoms with Crippen LogP contribution in [0.1, 0.15) is 16.8 Å². The molecule has 2 aromatic carbocycles. The first-order chi connectivity index (χ1) is 14.8. The fourth-order valence-corrected chi connectivity index (χ4v) is 3.80. The van der Waals surface area contributed by atoms with Gasteiger partial charge in [-0.2, -0.15) is 0 Å². The van der Waals surface area contributed by atoms with Gasteiger partial charge in [-0.3, -0.25) is 19.1 Å². The van der Waals surface area contributed by atoms with Crippen LogP contribution in [0.4, 0.5) is 11.4 Å². The normalized spacial score (nSPS) is 10.7. The lowest BCUT2D eigenvalue weighted by molar-refractivity contribution is -0.114. The number of nitrogens with zero attached hydrogens (tertiary/aromatic N) is 2. The third kappa shape index (κ3) is 5.27. The van der Waals surface area contributed by atoms with Crippen molar-refractivity contribution in [1.82, 2.24) is 9.36 Å². The Morgan fingerprint density at radius 2 is 1.58 bits per heavy atom. The summed E-state index contributed by atoms with van der Waals surface area (Å²) in [5.41, 5.74) is 4.14. The highest BCUT2D eigenvalue weighted by atomic mass is 32.2. The van der Waals surface area contributed by atoms with Crippen LogP contribution in [-0.2, 0) is 16.6 Å². The number of thioether (sulfide) groups is 1. The number of hydrogen-bond acceptors (Lipinski definition) is 4. The zero-order valence-corrected chi connectivity index (χ0v) is 18.9. The van der Waals surface area contributed by atoms with Crippen LogP contribution in [0.25, 0.3) is 5.69 Å². The van der Waals surface area contributed by atoms with Crippen LogP contribution in [0.2, 0.25) is 0 Å². The smallest absolute Gasteiger partial charge is 0.295 e. The second-order valence-electron chi connectivity index (χ2n) is 7.34. The third-order valence-corrected chi connectivity index (χ3v) is 5.88. The summed E-state index contributed by atoms with van der Waals surface area (Å²) >= 11 is 1.20. The van der Waals surface area contributed by atoms with Crippen molar-refractivity contribution in [2.75, 3.05) is 22.1 Å². The van der Waals surface area contributed by atoms with E-state index in [4.69, 9.17) is 0 Å². The van der Waals surface area contributed by atoms with Gasteiger partial charge in [0.2, 0.25) is 11.8 Å². The van der Waals surface area contributed by atoms with E-state index >= 15 is 0 Å². The van der Waals surface area contributed by atoms with E-state index in [1.165, 1.54) is 16.4 Å². The molecular weight excluding hydrogens is 412 g/mol. The van der Waals surface area contributed by atoms with E-state index in [-0.39, 0.29) is 34.6 Å². The van der Waals surface area contributed by atoms with Gasteiger partial charge in [-0.1, -0.05) is 30.3 Å². The fraction of sp³-hybridized carbons (Fsp3) is 0.261. The molecule has 2 amide bonds. The Morgan fingerprint density at radius 3 is 2.26 bits per heavy atom. The van der Waals surface area contributed by atoms with E-state index in [0.717, 1.165) is 22.5 Å². The number of carbonyl (C=O) groups excluding carboxylic acids is 2. The van der Waals surface area contributed by atoms with Crippen molar-refractivity contribution in [2.24, 2.45) is 7.05 Å². The monoisotopic (exact) mass is 438 g/mol. The molecule has 0 aliphatic heterocycles. The highest BCUT2D eigenvalue weighted by molar-refractivity contribution is 8.00. The lowest BCUT2D eigenvalue weighted by Crippen LogP contribution is -2.24. The van der Waals surface area contributed by atoms with Crippen LogP contribution >= 0.6 is 11.8 Å². The minimum atomic E-state index is -0.324. The molecule has 0 aliphatic carbocycles. The number of amides is 2. The number of rotatable bonds is 7. The van der Waals surface area contributed by atoms with E-state index in [9.17, 15) is 14.4 Å². The number of anilines is 2. The molecule has 0 spiro atoms. The van der Waals surface area contributed by atoms with Crippen molar-refractivity contribution in [3.63, 3.8) is 0 Å². The van der Waals surface area contributed by atoms with Crippen molar-refractivity contribution >= 4 is 35.0 Å². The third-order valence-electron chi connectivity index (χ3n) is 4.95. The van der Waals surface area contributed by atoms with Crippen molar-refractivity contribution in [3.8, 4) is 5.69 Å². The molecule has 0 radical (unpaired) electrons. The first-order valence-corrected chi connectivity index (χ1v) is 11.0. The number of para-hydroxylation sites is 1. The highest BCUT2D eigenvalue weighted by Crippen LogP contribution is 2.17. The predicted molar refractivity (Wildman–Crippen MR) is 126 cm³/mol. The van der Waals surface area contributed by atoms with Gasteiger partial charge in [0, 0.05) is 12.7 Å². The quantitative estimate of drug-likeness (QED) is 0.592. The van der Waals surface area contributed by atoms with Crippen molar-refractivity contribution in [1.29, 1.82) is 0 Å². The minimum absolute atomic E-state index is 0.0688. The lowest BCUT2D eigenvalue weighted by Gasteiger charge is -2.09. The fourth-order valence-electron chi connectivity index (χ4n) is 3.18. The molecule has 3 aromatic rings. The van der Waals surface area contributed by atoms with Crippen molar-refractivity contribution in [3.05, 3.63) is 75.7 Å². The average Bonchev–Trinajstić information content (AvgIpc) is 2.94. The van der Waals surface area contributed by atoms with E-state index < -0.39 is 0 Å². The first-order valence-electron chi connectivity index (χ1n) is 9.86. The van der Waals surface area contributed by atoms with Gasteiger partial charge in [0.15, 0.2) is 0 Å². The number of aryl methyl sites for hydroxylation is 2. The van der Waals surface area contributed by atoms with Crippen LogP contribution in [0.3, 0.4) is 0 Å². The molecule has 162 valence electrons. The Labute approximate surface area is 185 Å². The molecule has 0 bridgehead atoms. The van der Waals surface area contributed by atoms with Gasteiger partial charge < -0.3 is 10.6 Å². The molecule has 0 atom stereocenters. The summed E-state index contributed by atoms with van der Waals surface area (Å²) in [6, 6.07) is 15.1. The van der Waals surface area contributed by atoms with E-state index in [1.807, 2.05) is 62.4 Å². The highest BCUT2D eigenvalue weighted by Gasteiger charge is 2.18. The Balaban J connectivity index is 1.58. The molecule has 31 heavy (non-hydrogen) atoms. The summed E-state index contributed by atoms with van der Waals surface area (Å²) in [5, 5.41) is 5.58. The Kier molecular flexibility index (Phi) is 7.02.